The maximum atomic E-state index is 11.4. The molecule has 1 amide bonds. The zero-order valence-electron chi connectivity index (χ0n) is 8.24. The molecule has 78 valence electrons. The number of pyridine rings is 1. The maximum Gasteiger partial charge on any atom is 0.246 e. The predicted octanol–water partition coefficient (Wildman–Crippen LogP) is 1.91. The van der Waals surface area contributed by atoms with Crippen LogP contribution < -0.4 is 0 Å². The largest absolute Gasteiger partial charge is 0.334 e. The van der Waals surface area contributed by atoms with E-state index in [1.165, 1.54) is 6.08 Å². The molecule has 1 aliphatic heterocycles. The molecule has 0 atom stereocenters. The number of halogens is 1. The van der Waals surface area contributed by atoms with Gasteiger partial charge in [-0.3, -0.25) is 9.78 Å². The van der Waals surface area contributed by atoms with Crippen molar-refractivity contribution in [3.8, 4) is 0 Å². The minimum absolute atomic E-state index is 0.0133. The fraction of sp³-hybridized carbons (Fsp3) is 0.273. The lowest BCUT2D eigenvalue weighted by atomic mass is 10.1. The van der Waals surface area contributed by atoms with Crippen molar-refractivity contribution in [2.45, 2.75) is 13.0 Å². The van der Waals surface area contributed by atoms with Gasteiger partial charge in [0.15, 0.2) is 0 Å². The van der Waals surface area contributed by atoms with Gasteiger partial charge in [-0.1, -0.05) is 6.58 Å². The molecule has 15 heavy (non-hydrogen) atoms. The lowest BCUT2D eigenvalue weighted by Crippen LogP contribution is -2.35. The first-order chi connectivity index (χ1) is 7.20. The molecule has 0 radical (unpaired) electrons. The van der Waals surface area contributed by atoms with Crippen LogP contribution in [0.3, 0.4) is 0 Å². The van der Waals surface area contributed by atoms with Crippen LogP contribution in [0.5, 0.6) is 0 Å². The highest BCUT2D eigenvalue weighted by Gasteiger charge is 2.19. The maximum absolute atomic E-state index is 11.4. The molecule has 0 saturated heterocycles. The highest BCUT2D eigenvalue weighted by molar-refractivity contribution is 9.10. The zero-order chi connectivity index (χ0) is 10.8. The summed E-state index contributed by atoms with van der Waals surface area (Å²) >= 11 is 3.38. The number of carbonyl (C=O) groups excluding carboxylic acids is 1. The van der Waals surface area contributed by atoms with Gasteiger partial charge in [-0.25, -0.2) is 0 Å². The summed E-state index contributed by atoms with van der Waals surface area (Å²) in [6, 6.07) is 2.02. The van der Waals surface area contributed by atoms with Gasteiger partial charge in [-0.15, -0.1) is 0 Å². The average molecular weight is 267 g/mol. The van der Waals surface area contributed by atoms with E-state index in [4.69, 9.17) is 0 Å². The van der Waals surface area contributed by atoms with E-state index >= 15 is 0 Å². The smallest absolute Gasteiger partial charge is 0.246 e. The molecule has 3 nitrogen and oxygen atoms in total. The average Bonchev–Trinajstić information content (AvgIpc) is 2.27. The zero-order valence-corrected chi connectivity index (χ0v) is 9.83. The van der Waals surface area contributed by atoms with Gasteiger partial charge in [0.2, 0.25) is 5.91 Å². The Hall–Kier alpha value is -1.16. The van der Waals surface area contributed by atoms with Crippen molar-refractivity contribution in [3.05, 3.63) is 40.6 Å². The lowest BCUT2D eigenvalue weighted by molar-refractivity contribution is -0.126. The summed E-state index contributed by atoms with van der Waals surface area (Å²) < 4.78 is 0.953. The fourth-order valence-corrected chi connectivity index (χ4v) is 2.09. The number of amides is 1. The first kappa shape index (κ1) is 10.4. The number of fused-ring (bicyclic) bond motifs is 1. The van der Waals surface area contributed by atoms with Gasteiger partial charge < -0.3 is 4.90 Å². The van der Waals surface area contributed by atoms with Crippen molar-refractivity contribution < 1.29 is 4.79 Å². The van der Waals surface area contributed by atoms with Crippen molar-refractivity contribution in [2.75, 3.05) is 6.54 Å². The Morgan fingerprint density at radius 3 is 3.20 bits per heavy atom. The molecule has 0 N–H and O–H groups in total. The Labute approximate surface area is 96.9 Å². The minimum atomic E-state index is -0.0133. The summed E-state index contributed by atoms with van der Waals surface area (Å²) in [6.45, 7) is 4.85. The monoisotopic (exact) mass is 266 g/mol. The molecule has 0 saturated carbocycles. The molecule has 4 heteroatoms. The van der Waals surface area contributed by atoms with Crippen molar-refractivity contribution in [3.63, 3.8) is 0 Å². The normalized spacial score (nSPS) is 14.6. The van der Waals surface area contributed by atoms with Gasteiger partial charge in [0.1, 0.15) is 0 Å². The molecule has 1 aliphatic rings. The number of carbonyl (C=O) groups is 1. The topological polar surface area (TPSA) is 33.2 Å². The van der Waals surface area contributed by atoms with Crippen LogP contribution in [0.1, 0.15) is 11.3 Å². The third-order valence-electron chi connectivity index (χ3n) is 2.49. The number of hydrogen-bond acceptors (Lipinski definition) is 2. The minimum Gasteiger partial charge on any atom is -0.334 e. The summed E-state index contributed by atoms with van der Waals surface area (Å²) in [4.78, 5) is 17.5. The summed E-state index contributed by atoms with van der Waals surface area (Å²) in [5.41, 5.74) is 2.21. The molecular weight excluding hydrogens is 256 g/mol. The van der Waals surface area contributed by atoms with Crippen LogP contribution in [0.2, 0.25) is 0 Å². The number of aromatic nitrogens is 1. The van der Waals surface area contributed by atoms with Crippen LogP contribution >= 0.6 is 15.9 Å². The van der Waals surface area contributed by atoms with Crippen LogP contribution in [0.15, 0.2) is 29.4 Å². The molecule has 1 aromatic rings. The Balaban J connectivity index is 2.25. The quantitative estimate of drug-likeness (QED) is 0.728. The summed E-state index contributed by atoms with van der Waals surface area (Å²) in [5, 5.41) is 0. The fourth-order valence-electron chi connectivity index (χ4n) is 1.71. The van der Waals surface area contributed by atoms with Gasteiger partial charge in [0.25, 0.3) is 0 Å². The molecule has 0 fully saturated rings. The van der Waals surface area contributed by atoms with Gasteiger partial charge >= 0.3 is 0 Å². The molecule has 0 spiro atoms. The van der Waals surface area contributed by atoms with Crippen molar-refractivity contribution >= 4 is 21.8 Å². The van der Waals surface area contributed by atoms with Gasteiger partial charge in [-0.05, 0) is 33.6 Å². The Morgan fingerprint density at radius 2 is 2.47 bits per heavy atom. The van der Waals surface area contributed by atoms with Crippen LogP contribution in [-0.2, 0) is 17.8 Å². The lowest BCUT2D eigenvalue weighted by Gasteiger charge is -2.27. The van der Waals surface area contributed by atoms with E-state index < -0.39 is 0 Å². The van der Waals surface area contributed by atoms with E-state index in [-0.39, 0.29) is 5.91 Å². The van der Waals surface area contributed by atoms with E-state index in [9.17, 15) is 4.79 Å². The van der Waals surface area contributed by atoms with Crippen LogP contribution in [0, 0.1) is 0 Å². The Kier molecular flexibility index (Phi) is 2.86. The summed E-state index contributed by atoms with van der Waals surface area (Å²) in [5.74, 6) is -0.0133. The van der Waals surface area contributed by atoms with Gasteiger partial charge in [0.05, 0.1) is 0 Å². The van der Waals surface area contributed by atoms with E-state index in [2.05, 4.69) is 27.5 Å². The summed E-state index contributed by atoms with van der Waals surface area (Å²) in [6.07, 6.45) is 3.97. The first-order valence-electron chi connectivity index (χ1n) is 4.75. The summed E-state index contributed by atoms with van der Waals surface area (Å²) in [7, 11) is 0. The second-order valence-electron chi connectivity index (χ2n) is 3.47. The van der Waals surface area contributed by atoms with Crippen LogP contribution in [0.4, 0.5) is 0 Å². The second-order valence-corrected chi connectivity index (χ2v) is 4.39. The molecule has 0 unspecified atom stereocenters. The van der Waals surface area contributed by atoms with E-state index in [0.717, 1.165) is 28.7 Å². The molecule has 1 aromatic heterocycles. The van der Waals surface area contributed by atoms with E-state index in [1.54, 1.807) is 11.1 Å². The Morgan fingerprint density at radius 1 is 1.67 bits per heavy atom. The molecule has 0 aliphatic carbocycles. The van der Waals surface area contributed by atoms with E-state index in [0.29, 0.717) is 6.54 Å². The van der Waals surface area contributed by atoms with Crippen molar-refractivity contribution in [1.82, 2.24) is 9.88 Å². The molecule has 0 bridgehead atoms. The number of nitrogens with zero attached hydrogens (tertiary/aromatic N) is 2. The van der Waals surface area contributed by atoms with E-state index in [1.807, 2.05) is 6.07 Å². The molecule has 2 rings (SSSR count). The molecule has 0 aromatic carbocycles. The van der Waals surface area contributed by atoms with Crippen molar-refractivity contribution in [2.24, 2.45) is 0 Å². The third-order valence-corrected chi connectivity index (χ3v) is 2.93. The highest BCUT2D eigenvalue weighted by Crippen LogP contribution is 2.20. The number of hydrogen-bond donors (Lipinski definition) is 0. The highest BCUT2D eigenvalue weighted by atomic mass is 79.9. The first-order valence-corrected chi connectivity index (χ1v) is 5.54. The Bertz CT molecular complexity index is 417. The second kappa shape index (κ2) is 4.14. The molecular formula is C11H11BrN2O. The standard InChI is InChI=1S/C11H11BrN2O/c1-2-11(15)14-4-3-10-8(7-14)5-9(12)6-13-10/h2,5-6H,1,3-4,7H2. The molecule has 2 heterocycles. The van der Waals surface area contributed by atoms with Crippen LogP contribution in [-0.4, -0.2) is 22.3 Å². The van der Waals surface area contributed by atoms with Crippen molar-refractivity contribution in [1.29, 1.82) is 0 Å². The SMILES string of the molecule is C=CC(=O)N1CCc2ncc(Br)cc2C1. The third kappa shape index (κ3) is 2.09. The number of rotatable bonds is 1. The predicted molar refractivity (Wildman–Crippen MR) is 61.3 cm³/mol. The van der Waals surface area contributed by atoms with Gasteiger partial charge in [0, 0.05) is 35.9 Å². The van der Waals surface area contributed by atoms with Gasteiger partial charge in [-0.2, -0.15) is 0 Å². The van der Waals surface area contributed by atoms with Crippen LogP contribution in [0.25, 0.3) is 0 Å².